The molecule has 2 bridgehead atoms. The first-order valence-electron chi connectivity index (χ1n) is 7.36. The first kappa shape index (κ1) is 14.5. The van der Waals surface area contributed by atoms with Gasteiger partial charge in [-0.3, -0.25) is 4.98 Å². The molecule has 5 nitrogen and oxygen atoms in total. The third-order valence-corrected chi connectivity index (χ3v) is 4.42. The maximum absolute atomic E-state index is 5.40. The van der Waals surface area contributed by atoms with Crippen LogP contribution in [0.3, 0.4) is 0 Å². The molecule has 21 heavy (non-hydrogen) atoms. The molecule has 0 saturated carbocycles. The van der Waals surface area contributed by atoms with Crippen LogP contribution in [0.5, 0.6) is 0 Å². The standard InChI is InChI=1S/C15H18N4O.ClH/c1-2-11(9-16-5-1)15-18-14(20-19-15)8-10-6-12-3-4-13(7-10)17-12;/h1-2,5,9-10,12-13,17H,3-4,6-8H2;1H. The summed E-state index contributed by atoms with van der Waals surface area (Å²) >= 11 is 0. The van der Waals surface area contributed by atoms with Gasteiger partial charge in [-0.15, -0.1) is 12.4 Å². The second-order valence-electron chi connectivity index (χ2n) is 5.93. The molecule has 112 valence electrons. The largest absolute Gasteiger partial charge is 0.339 e. The number of hydrogen-bond donors (Lipinski definition) is 1. The lowest BCUT2D eigenvalue weighted by atomic mass is 9.90. The summed E-state index contributed by atoms with van der Waals surface area (Å²) < 4.78 is 5.40. The summed E-state index contributed by atoms with van der Waals surface area (Å²) in [7, 11) is 0. The molecule has 0 radical (unpaired) electrons. The van der Waals surface area contributed by atoms with Crippen LogP contribution in [0.2, 0.25) is 0 Å². The van der Waals surface area contributed by atoms with Gasteiger partial charge in [-0.2, -0.15) is 4.98 Å². The predicted octanol–water partition coefficient (Wildman–Crippen LogP) is 2.63. The van der Waals surface area contributed by atoms with E-state index in [-0.39, 0.29) is 12.4 Å². The molecule has 1 N–H and O–H groups in total. The summed E-state index contributed by atoms with van der Waals surface area (Å²) in [5, 5.41) is 7.73. The highest BCUT2D eigenvalue weighted by atomic mass is 35.5. The van der Waals surface area contributed by atoms with Crippen LogP contribution >= 0.6 is 12.4 Å². The summed E-state index contributed by atoms with van der Waals surface area (Å²) in [5.74, 6) is 2.08. The van der Waals surface area contributed by atoms with Crippen molar-refractivity contribution in [3.8, 4) is 11.4 Å². The van der Waals surface area contributed by atoms with Crippen molar-refractivity contribution >= 4 is 12.4 Å². The van der Waals surface area contributed by atoms with Gasteiger partial charge in [-0.25, -0.2) is 0 Å². The average molecular weight is 307 g/mol. The van der Waals surface area contributed by atoms with E-state index in [1.54, 1.807) is 12.4 Å². The molecule has 2 aromatic heterocycles. The highest BCUT2D eigenvalue weighted by Gasteiger charge is 2.34. The number of halogens is 1. The van der Waals surface area contributed by atoms with Crippen molar-refractivity contribution in [2.24, 2.45) is 5.92 Å². The summed E-state index contributed by atoms with van der Waals surface area (Å²) in [6.45, 7) is 0. The zero-order chi connectivity index (χ0) is 13.4. The number of rotatable bonds is 3. The Morgan fingerprint density at radius 2 is 2.05 bits per heavy atom. The molecular formula is C15H19ClN4O. The van der Waals surface area contributed by atoms with Gasteiger partial charge in [0.15, 0.2) is 0 Å². The van der Waals surface area contributed by atoms with E-state index in [1.807, 2.05) is 12.1 Å². The number of piperidine rings is 1. The lowest BCUT2D eigenvalue weighted by Gasteiger charge is -2.27. The zero-order valence-corrected chi connectivity index (χ0v) is 12.6. The van der Waals surface area contributed by atoms with Gasteiger partial charge in [0.2, 0.25) is 11.7 Å². The monoisotopic (exact) mass is 306 g/mol. The number of nitrogens with one attached hydrogen (secondary N) is 1. The molecule has 0 amide bonds. The quantitative estimate of drug-likeness (QED) is 0.944. The summed E-state index contributed by atoms with van der Waals surface area (Å²) in [4.78, 5) is 8.59. The van der Waals surface area contributed by atoms with Crippen molar-refractivity contribution in [2.45, 2.75) is 44.2 Å². The molecule has 2 aromatic rings. The Balaban J connectivity index is 0.00000132. The van der Waals surface area contributed by atoms with Crippen LogP contribution in [0.4, 0.5) is 0 Å². The molecule has 2 unspecified atom stereocenters. The van der Waals surface area contributed by atoms with Gasteiger partial charge < -0.3 is 9.84 Å². The van der Waals surface area contributed by atoms with Crippen molar-refractivity contribution in [3.63, 3.8) is 0 Å². The molecule has 0 spiro atoms. The molecule has 4 heterocycles. The molecule has 0 aliphatic carbocycles. The summed E-state index contributed by atoms with van der Waals surface area (Å²) in [5.41, 5.74) is 0.910. The first-order chi connectivity index (χ1) is 9.87. The molecule has 6 heteroatoms. The second-order valence-corrected chi connectivity index (χ2v) is 5.93. The third kappa shape index (κ3) is 3.09. The topological polar surface area (TPSA) is 63.8 Å². The number of pyridine rings is 1. The van der Waals surface area contributed by atoms with Crippen molar-refractivity contribution in [1.29, 1.82) is 0 Å². The minimum atomic E-state index is 0. The Hall–Kier alpha value is -1.46. The van der Waals surface area contributed by atoms with Crippen molar-refractivity contribution in [2.75, 3.05) is 0 Å². The van der Waals surface area contributed by atoms with E-state index in [2.05, 4.69) is 20.4 Å². The Morgan fingerprint density at radius 1 is 1.24 bits per heavy atom. The van der Waals surface area contributed by atoms with Gasteiger partial charge in [0.25, 0.3) is 0 Å². The smallest absolute Gasteiger partial charge is 0.227 e. The maximum Gasteiger partial charge on any atom is 0.227 e. The lowest BCUT2D eigenvalue weighted by molar-refractivity contribution is 0.270. The van der Waals surface area contributed by atoms with Crippen LogP contribution < -0.4 is 5.32 Å². The van der Waals surface area contributed by atoms with E-state index < -0.39 is 0 Å². The summed E-state index contributed by atoms with van der Waals surface area (Å²) in [6, 6.07) is 5.25. The van der Waals surface area contributed by atoms with Gasteiger partial charge in [0.1, 0.15) is 0 Å². The van der Waals surface area contributed by atoms with E-state index in [1.165, 1.54) is 25.7 Å². The Bertz CT molecular complexity index is 576. The molecule has 4 rings (SSSR count). The fourth-order valence-electron chi connectivity index (χ4n) is 3.54. The fourth-order valence-corrected chi connectivity index (χ4v) is 3.54. The van der Waals surface area contributed by atoms with E-state index in [0.29, 0.717) is 23.8 Å². The summed E-state index contributed by atoms with van der Waals surface area (Å²) in [6.07, 6.45) is 9.54. The Labute approximate surface area is 130 Å². The van der Waals surface area contributed by atoms with Crippen LogP contribution in [0.25, 0.3) is 11.4 Å². The molecular weight excluding hydrogens is 288 g/mol. The zero-order valence-electron chi connectivity index (χ0n) is 11.7. The van der Waals surface area contributed by atoms with E-state index in [9.17, 15) is 0 Å². The number of nitrogens with zero attached hydrogens (tertiary/aromatic N) is 3. The van der Waals surface area contributed by atoms with E-state index >= 15 is 0 Å². The highest BCUT2D eigenvalue weighted by Crippen LogP contribution is 2.32. The SMILES string of the molecule is Cl.c1cncc(-c2noc(CC3CC4CCC(C3)N4)n2)c1. The first-order valence-corrected chi connectivity index (χ1v) is 7.36. The van der Waals surface area contributed by atoms with Crippen molar-refractivity contribution in [1.82, 2.24) is 20.4 Å². The lowest BCUT2D eigenvalue weighted by Crippen LogP contribution is -2.38. The van der Waals surface area contributed by atoms with E-state index in [4.69, 9.17) is 4.52 Å². The second kappa shape index (κ2) is 6.12. The van der Waals surface area contributed by atoms with Crippen molar-refractivity contribution < 1.29 is 4.52 Å². The molecule has 2 saturated heterocycles. The highest BCUT2D eigenvalue weighted by molar-refractivity contribution is 5.85. The molecule has 2 aliphatic heterocycles. The Kier molecular flexibility index (Phi) is 4.22. The van der Waals surface area contributed by atoms with Gasteiger partial charge in [-0.1, -0.05) is 5.16 Å². The number of hydrogen-bond acceptors (Lipinski definition) is 5. The van der Waals surface area contributed by atoms with Gasteiger partial charge in [0, 0.05) is 36.5 Å². The minimum Gasteiger partial charge on any atom is -0.339 e. The minimum absolute atomic E-state index is 0. The normalized spacial score (nSPS) is 27.3. The predicted molar refractivity (Wildman–Crippen MR) is 81.2 cm³/mol. The van der Waals surface area contributed by atoms with Crippen LogP contribution in [-0.2, 0) is 6.42 Å². The third-order valence-electron chi connectivity index (χ3n) is 4.42. The average Bonchev–Trinajstić information content (AvgIpc) is 3.07. The number of aromatic nitrogens is 3. The van der Waals surface area contributed by atoms with Gasteiger partial charge >= 0.3 is 0 Å². The molecule has 0 aromatic carbocycles. The van der Waals surface area contributed by atoms with Crippen LogP contribution in [0.1, 0.15) is 31.6 Å². The molecule has 2 aliphatic rings. The van der Waals surface area contributed by atoms with Gasteiger partial charge in [0.05, 0.1) is 0 Å². The van der Waals surface area contributed by atoms with Crippen molar-refractivity contribution in [3.05, 3.63) is 30.4 Å². The number of fused-ring (bicyclic) bond motifs is 2. The Morgan fingerprint density at radius 3 is 2.76 bits per heavy atom. The molecule has 2 fully saturated rings. The van der Waals surface area contributed by atoms with E-state index in [0.717, 1.165) is 17.9 Å². The van der Waals surface area contributed by atoms with Crippen LogP contribution in [0.15, 0.2) is 29.0 Å². The van der Waals surface area contributed by atoms with Crippen LogP contribution in [0, 0.1) is 5.92 Å². The maximum atomic E-state index is 5.40. The van der Waals surface area contributed by atoms with Crippen LogP contribution in [-0.4, -0.2) is 27.2 Å². The van der Waals surface area contributed by atoms with Gasteiger partial charge in [-0.05, 0) is 43.7 Å². The molecule has 2 atom stereocenters. The fraction of sp³-hybridized carbons (Fsp3) is 0.533.